The van der Waals surface area contributed by atoms with Gasteiger partial charge in [0.15, 0.2) is 0 Å². The zero-order chi connectivity index (χ0) is 43.0. The molecule has 1 aliphatic rings. The summed E-state index contributed by atoms with van der Waals surface area (Å²) < 4.78 is 0. The third-order valence-corrected chi connectivity index (χ3v) is 15.6. The van der Waals surface area contributed by atoms with Gasteiger partial charge in [0, 0.05) is 46.2 Å². The molecule has 0 aromatic rings. The summed E-state index contributed by atoms with van der Waals surface area (Å²) >= 11 is 0. The van der Waals surface area contributed by atoms with E-state index in [9.17, 15) is 35.7 Å². The molecule has 0 aromatic heterocycles. The van der Waals surface area contributed by atoms with Gasteiger partial charge in [-0.25, -0.2) is 0 Å². The van der Waals surface area contributed by atoms with E-state index in [1.54, 1.807) is 0 Å². The highest BCUT2D eigenvalue weighted by molar-refractivity contribution is 5.10. The lowest BCUT2D eigenvalue weighted by molar-refractivity contribution is -0.183. The number of rotatable bonds is 14. The number of aliphatic hydroxyl groups is 7. The molecule has 0 radical (unpaired) electrons. The molecule has 7 nitrogen and oxygen atoms in total. The maximum atomic E-state index is 10.9. The van der Waals surface area contributed by atoms with Gasteiger partial charge < -0.3 is 35.7 Å². The monoisotopic (exact) mass is 841 g/mol. The van der Waals surface area contributed by atoms with Crippen LogP contribution in [0.4, 0.5) is 0 Å². The highest BCUT2D eigenvalue weighted by Crippen LogP contribution is 2.67. The highest BCUT2D eigenvalue weighted by atomic mass is 16.3. The van der Waals surface area contributed by atoms with Gasteiger partial charge in [0.2, 0.25) is 0 Å². The Morgan fingerprint density at radius 1 is 0.271 bits per heavy atom. The van der Waals surface area contributed by atoms with Crippen molar-refractivity contribution in [1.29, 1.82) is 0 Å². The minimum Gasteiger partial charge on any atom is -0.396 e. The zero-order valence-corrected chi connectivity index (χ0v) is 39.1. The van der Waals surface area contributed by atoms with E-state index in [0.29, 0.717) is 44.9 Å². The van der Waals surface area contributed by atoms with E-state index in [1.165, 1.54) is 173 Å². The average Bonchev–Trinajstić information content (AvgIpc) is 3.23. The maximum Gasteiger partial charge on any atom is 0.0436 e. The second-order valence-corrected chi connectivity index (χ2v) is 19.4. The van der Waals surface area contributed by atoms with Crippen LogP contribution in [0.2, 0.25) is 0 Å². The zero-order valence-electron chi connectivity index (χ0n) is 39.1. The predicted octanol–water partition coefficient (Wildman–Crippen LogP) is 12.5. The van der Waals surface area contributed by atoms with Gasteiger partial charge in [0.1, 0.15) is 0 Å². The molecule has 0 aromatic carbocycles. The third-order valence-electron chi connectivity index (χ3n) is 15.6. The Labute approximate surface area is 366 Å². The van der Waals surface area contributed by atoms with Crippen LogP contribution in [0.15, 0.2) is 0 Å². The van der Waals surface area contributed by atoms with Gasteiger partial charge in [-0.3, -0.25) is 0 Å². The van der Waals surface area contributed by atoms with Gasteiger partial charge in [-0.05, 0) is 80.0 Å². The van der Waals surface area contributed by atoms with Gasteiger partial charge in [-0.2, -0.15) is 0 Å². The number of aliphatic hydroxyl groups excluding tert-OH is 7. The molecule has 354 valence electrons. The minimum absolute atomic E-state index is 0.00932. The van der Waals surface area contributed by atoms with Crippen LogP contribution < -0.4 is 0 Å². The second kappa shape index (κ2) is 39.3. The molecule has 7 heteroatoms. The van der Waals surface area contributed by atoms with Crippen molar-refractivity contribution in [2.24, 2.45) is 22.2 Å². The first-order valence-corrected chi connectivity index (χ1v) is 26.3. The molecule has 0 aliphatic heterocycles. The van der Waals surface area contributed by atoms with Gasteiger partial charge in [0.25, 0.3) is 0 Å². The van der Waals surface area contributed by atoms with Crippen LogP contribution >= 0.6 is 0 Å². The molecule has 0 amide bonds. The van der Waals surface area contributed by atoms with Gasteiger partial charge >= 0.3 is 0 Å². The van der Waals surface area contributed by atoms with Crippen molar-refractivity contribution in [2.45, 2.75) is 263 Å². The molecule has 1 unspecified atom stereocenters. The van der Waals surface area contributed by atoms with E-state index in [4.69, 9.17) is 0 Å². The van der Waals surface area contributed by atoms with E-state index in [1.807, 2.05) is 0 Å². The van der Waals surface area contributed by atoms with Crippen molar-refractivity contribution in [2.75, 3.05) is 46.2 Å². The van der Waals surface area contributed by atoms with Crippen LogP contribution in [0.25, 0.3) is 0 Å². The van der Waals surface area contributed by atoms with E-state index in [-0.39, 0.29) is 52.2 Å². The Morgan fingerprint density at radius 2 is 0.525 bits per heavy atom. The molecule has 0 spiro atoms. The first-order valence-electron chi connectivity index (χ1n) is 26.3. The normalized spacial score (nSPS) is 23.7. The summed E-state index contributed by atoms with van der Waals surface area (Å²) in [5.74, 6) is -0.0486. The molecule has 1 fully saturated rings. The van der Waals surface area contributed by atoms with Crippen molar-refractivity contribution in [1.82, 2.24) is 0 Å². The molecule has 59 heavy (non-hydrogen) atoms. The average molecular weight is 841 g/mol. The van der Waals surface area contributed by atoms with Gasteiger partial charge in [-0.15, -0.1) is 0 Å². The summed E-state index contributed by atoms with van der Waals surface area (Å²) in [5, 5.41) is 75.4. The van der Waals surface area contributed by atoms with Crippen LogP contribution in [0.5, 0.6) is 0 Å². The quantitative estimate of drug-likeness (QED) is 0.0923. The minimum atomic E-state index is -0.769. The summed E-state index contributed by atoms with van der Waals surface area (Å²) in [5.41, 5.74) is -2.09. The molecular weight excluding hydrogens is 737 g/mol. The Morgan fingerprint density at radius 3 is 0.780 bits per heavy atom. The molecule has 0 bridgehead atoms. The van der Waals surface area contributed by atoms with Crippen molar-refractivity contribution in [3.05, 3.63) is 0 Å². The van der Waals surface area contributed by atoms with Crippen LogP contribution in [0.1, 0.15) is 263 Å². The topological polar surface area (TPSA) is 142 Å². The standard InChI is InChI=1S/C52H104O7/c53-42-34-49-33-31-29-27-25-23-21-19-17-15-13-11-9-7-5-3-1-2-4-6-8-10-12-14-16-18-20-22-24-26-28-30-32-35-50(36-43-54,37-44-55)52(40-47-58,41-48-59)51(49,38-45-56)39-46-57/h49,53-59H,1-48H2. The largest absolute Gasteiger partial charge is 0.396 e. The molecule has 1 aliphatic carbocycles. The molecule has 0 saturated heterocycles. The Hall–Kier alpha value is -0.280. The van der Waals surface area contributed by atoms with Crippen LogP contribution in [-0.2, 0) is 0 Å². The molecule has 7 N–H and O–H groups in total. The fourth-order valence-corrected chi connectivity index (χ4v) is 12.4. The first kappa shape index (κ1) is 56.7. The smallest absolute Gasteiger partial charge is 0.0436 e. The lowest BCUT2D eigenvalue weighted by atomic mass is 9.40. The van der Waals surface area contributed by atoms with Gasteiger partial charge in [-0.1, -0.05) is 205 Å². The fourth-order valence-electron chi connectivity index (χ4n) is 12.4. The number of hydrogen-bond acceptors (Lipinski definition) is 7. The van der Waals surface area contributed by atoms with E-state index >= 15 is 0 Å². The molecule has 1 saturated carbocycles. The van der Waals surface area contributed by atoms with Crippen molar-refractivity contribution < 1.29 is 35.7 Å². The van der Waals surface area contributed by atoms with E-state index in [2.05, 4.69) is 0 Å². The third kappa shape index (κ3) is 22.8. The van der Waals surface area contributed by atoms with E-state index in [0.717, 1.165) is 44.9 Å². The lowest BCUT2D eigenvalue weighted by Crippen LogP contribution is -2.59. The van der Waals surface area contributed by atoms with Gasteiger partial charge in [0.05, 0.1) is 0 Å². The maximum absolute atomic E-state index is 10.9. The summed E-state index contributed by atoms with van der Waals surface area (Å²) in [4.78, 5) is 0. The molecule has 1 rings (SSSR count). The Balaban J connectivity index is 3.16. The Bertz CT molecular complexity index is 850. The summed E-state index contributed by atoms with van der Waals surface area (Å²) in [6, 6.07) is 0. The van der Waals surface area contributed by atoms with Crippen molar-refractivity contribution >= 4 is 0 Å². The van der Waals surface area contributed by atoms with Crippen LogP contribution in [-0.4, -0.2) is 82.0 Å². The predicted molar refractivity (Wildman–Crippen MR) is 250 cm³/mol. The molecule has 1 atom stereocenters. The van der Waals surface area contributed by atoms with Crippen LogP contribution in [0.3, 0.4) is 0 Å². The highest BCUT2D eigenvalue weighted by Gasteiger charge is 2.62. The SMILES string of the molecule is OCCC1CCCCCCCCCCCCCCCCCCCCCCCCCCCCCCCCCCC(CCO)(CCO)C(CCO)(CCO)C1(CCO)CCO. The summed E-state index contributed by atoms with van der Waals surface area (Å²) in [6.45, 7) is -0.602. The molecule has 0 heterocycles. The second-order valence-electron chi connectivity index (χ2n) is 19.4. The Kier molecular flexibility index (Phi) is 37.8. The van der Waals surface area contributed by atoms with Crippen molar-refractivity contribution in [3.8, 4) is 0 Å². The summed E-state index contributed by atoms with van der Waals surface area (Å²) in [6.07, 6.45) is 46.4. The fraction of sp³-hybridized carbons (Fsp3) is 1.00. The van der Waals surface area contributed by atoms with Crippen molar-refractivity contribution in [3.63, 3.8) is 0 Å². The molecular formula is C52H104O7. The number of hydrogen-bond donors (Lipinski definition) is 7. The van der Waals surface area contributed by atoms with E-state index < -0.39 is 16.2 Å². The first-order chi connectivity index (χ1) is 29.0. The lowest BCUT2D eigenvalue weighted by Gasteiger charge is -2.64. The van der Waals surface area contributed by atoms with Crippen LogP contribution in [0, 0.1) is 22.2 Å². The summed E-state index contributed by atoms with van der Waals surface area (Å²) in [7, 11) is 0.